The highest BCUT2D eigenvalue weighted by Gasteiger charge is 2.00. The number of nitrogens with two attached hydrogens (primary N) is 1. The van der Waals surface area contributed by atoms with Crippen molar-refractivity contribution in [1.82, 2.24) is 0 Å². The predicted octanol–water partition coefficient (Wildman–Crippen LogP) is 2.27. The second-order valence-corrected chi connectivity index (χ2v) is 3.14. The van der Waals surface area contributed by atoms with Gasteiger partial charge in [-0.15, -0.1) is 0 Å². The van der Waals surface area contributed by atoms with Crippen LogP contribution in [0.1, 0.15) is 11.1 Å². The minimum absolute atomic E-state index is 0.312. The summed E-state index contributed by atoms with van der Waals surface area (Å²) in [6.07, 6.45) is 0. The molecule has 0 saturated heterocycles. The van der Waals surface area contributed by atoms with E-state index in [1.165, 1.54) is 0 Å². The van der Waals surface area contributed by atoms with Crippen LogP contribution in [0.15, 0.2) is 12.1 Å². The summed E-state index contributed by atoms with van der Waals surface area (Å²) in [6.45, 7) is 3.94. The van der Waals surface area contributed by atoms with Crippen molar-refractivity contribution in [2.45, 2.75) is 13.8 Å². The van der Waals surface area contributed by atoms with Gasteiger partial charge in [0.2, 0.25) is 0 Å². The summed E-state index contributed by atoms with van der Waals surface area (Å²) in [7, 11) is 0. The number of nitrogens with one attached hydrogen (secondary N) is 1. The first-order chi connectivity index (χ1) is 6.15. The van der Waals surface area contributed by atoms with E-state index >= 15 is 0 Å². The van der Waals surface area contributed by atoms with Gasteiger partial charge in [-0.2, -0.15) is 0 Å². The Morgan fingerprint density at radius 1 is 1.31 bits per heavy atom. The molecule has 0 aliphatic carbocycles. The molecule has 13 heavy (non-hydrogen) atoms. The normalized spacial score (nSPS) is 10.1. The van der Waals surface area contributed by atoms with Gasteiger partial charge < -0.3 is 11.1 Å². The van der Waals surface area contributed by atoms with E-state index in [1.54, 1.807) is 0 Å². The molecule has 3 N–H and O–H groups in total. The lowest BCUT2D eigenvalue weighted by Crippen LogP contribution is -2.06. The monoisotopic (exact) mass is 182 g/mol. The Bertz CT molecular complexity index is 297. The summed E-state index contributed by atoms with van der Waals surface area (Å²) in [5.74, 6) is 0. The van der Waals surface area contributed by atoms with Gasteiger partial charge in [0.05, 0.1) is 11.4 Å². The number of rotatable bonds is 3. The van der Waals surface area contributed by atoms with E-state index in [-0.39, 0.29) is 6.67 Å². The molecule has 2 nitrogen and oxygen atoms in total. The number of alkyl halides is 1. The van der Waals surface area contributed by atoms with Gasteiger partial charge in [-0.1, -0.05) is 0 Å². The van der Waals surface area contributed by atoms with Crippen molar-refractivity contribution in [2.24, 2.45) is 0 Å². The summed E-state index contributed by atoms with van der Waals surface area (Å²) in [5, 5.41) is 2.93. The smallest absolute Gasteiger partial charge is 0.107 e. The van der Waals surface area contributed by atoms with Crippen LogP contribution in [0, 0.1) is 13.8 Å². The average molecular weight is 182 g/mol. The molecule has 1 aromatic rings. The van der Waals surface area contributed by atoms with E-state index in [2.05, 4.69) is 5.32 Å². The van der Waals surface area contributed by atoms with Gasteiger partial charge in [0.25, 0.3) is 0 Å². The first kappa shape index (κ1) is 9.84. The second-order valence-electron chi connectivity index (χ2n) is 3.14. The van der Waals surface area contributed by atoms with Crippen molar-refractivity contribution in [2.75, 3.05) is 24.3 Å². The highest BCUT2D eigenvalue weighted by molar-refractivity contribution is 5.68. The van der Waals surface area contributed by atoms with Gasteiger partial charge in [0.1, 0.15) is 6.67 Å². The SMILES string of the molecule is Cc1cc(N)c(NCCF)cc1C. The van der Waals surface area contributed by atoms with Gasteiger partial charge in [-0.3, -0.25) is 0 Å². The van der Waals surface area contributed by atoms with Crippen molar-refractivity contribution >= 4 is 11.4 Å². The topological polar surface area (TPSA) is 38.0 Å². The Balaban J connectivity index is 2.88. The predicted molar refractivity (Wildman–Crippen MR) is 54.8 cm³/mol. The van der Waals surface area contributed by atoms with Crippen LogP contribution in [-0.4, -0.2) is 13.2 Å². The maximum Gasteiger partial charge on any atom is 0.107 e. The Kier molecular flexibility index (Phi) is 3.12. The van der Waals surface area contributed by atoms with Gasteiger partial charge >= 0.3 is 0 Å². The van der Waals surface area contributed by atoms with Crippen molar-refractivity contribution in [3.63, 3.8) is 0 Å². The number of halogens is 1. The summed E-state index contributed by atoms with van der Waals surface area (Å²) < 4.78 is 11.9. The van der Waals surface area contributed by atoms with Crippen molar-refractivity contribution in [3.8, 4) is 0 Å². The molecule has 72 valence electrons. The molecule has 0 spiro atoms. The van der Waals surface area contributed by atoms with Crippen LogP contribution in [0.5, 0.6) is 0 Å². The van der Waals surface area contributed by atoms with E-state index < -0.39 is 0 Å². The average Bonchev–Trinajstić information content (AvgIpc) is 2.09. The third-order valence-corrected chi connectivity index (χ3v) is 2.08. The lowest BCUT2D eigenvalue weighted by atomic mass is 10.1. The summed E-state index contributed by atoms with van der Waals surface area (Å²) >= 11 is 0. The zero-order valence-electron chi connectivity index (χ0n) is 8.02. The molecule has 0 aliphatic rings. The fraction of sp³-hybridized carbons (Fsp3) is 0.400. The lowest BCUT2D eigenvalue weighted by Gasteiger charge is -2.10. The van der Waals surface area contributed by atoms with Crippen LogP contribution in [0.2, 0.25) is 0 Å². The number of hydrogen-bond donors (Lipinski definition) is 2. The third kappa shape index (κ3) is 2.34. The van der Waals surface area contributed by atoms with E-state index in [4.69, 9.17) is 5.73 Å². The minimum Gasteiger partial charge on any atom is -0.397 e. The number of hydrogen-bond acceptors (Lipinski definition) is 2. The molecule has 0 aliphatic heterocycles. The van der Waals surface area contributed by atoms with E-state index in [0.29, 0.717) is 12.2 Å². The summed E-state index contributed by atoms with van der Waals surface area (Å²) in [5.41, 5.74) is 9.56. The molecule has 0 bridgehead atoms. The molecular formula is C10H15FN2. The van der Waals surface area contributed by atoms with Gasteiger partial charge in [0, 0.05) is 6.54 Å². The third-order valence-electron chi connectivity index (χ3n) is 2.08. The van der Waals surface area contributed by atoms with Crippen molar-refractivity contribution in [3.05, 3.63) is 23.3 Å². The number of anilines is 2. The largest absolute Gasteiger partial charge is 0.397 e. The van der Waals surface area contributed by atoms with Crippen LogP contribution >= 0.6 is 0 Å². The molecule has 0 heterocycles. The molecule has 0 fully saturated rings. The summed E-state index contributed by atoms with van der Waals surface area (Å²) in [4.78, 5) is 0. The van der Waals surface area contributed by atoms with E-state index in [9.17, 15) is 4.39 Å². The quantitative estimate of drug-likeness (QED) is 0.704. The Morgan fingerprint density at radius 2 is 1.92 bits per heavy atom. The second kappa shape index (κ2) is 4.12. The zero-order valence-corrected chi connectivity index (χ0v) is 8.02. The maximum absolute atomic E-state index is 11.9. The molecule has 0 saturated carbocycles. The standard InChI is InChI=1S/C10H15FN2/c1-7-5-9(12)10(6-8(7)2)13-4-3-11/h5-6,13H,3-4,12H2,1-2H3. The first-order valence-electron chi connectivity index (χ1n) is 4.31. The van der Waals surface area contributed by atoms with Gasteiger partial charge in [-0.05, 0) is 37.1 Å². The molecule has 0 unspecified atom stereocenters. The first-order valence-corrected chi connectivity index (χ1v) is 4.31. The molecular weight excluding hydrogens is 167 g/mol. The molecule has 0 atom stereocenters. The highest BCUT2D eigenvalue weighted by atomic mass is 19.1. The van der Waals surface area contributed by atoms with E-state index in [1.807, 2.05) is 26.0 Å². The fourth-order valence-corrected chi connectivity index (χ4v) is 1.17. The highest BCUT2D eigenvalue weighted by Crippen LogP contribution is 2.22. The van der Waals surface area contributed by atoms with Crippen LogP contribution in [-0.2, 0) is 0 Å². The molecule has 0 amide bonds. The number of benzene rings is 1. The van der Waals surface area contributed by atoms with Crippen LogP contribution in [0.4, 0.5) is 15.8 Å². The molecule has 0 radical (unpaired) electrons. The van der Waals surface area contributed by atoms with Gasteiger partial charge in [-0.25, -0.2) is 4.39 Å². The van der Waals surface area contributed by atoms with Crippen LogP contribution in [0.25, 0.3) is 0 Å². The fourth-order valence-electron chi connectivity index (χ4n) is 1.17. The van der Waals surface area contributed by atoms with Crippen molar-refractivity contribution in [1.29, 1.82) is 0 Å². The van der Waals surface area contributed by atoms with Crippen LogP contribution in [0.3, 0.4) is 0 Å². The number of aryl methyl sites for hydroxylation is 2. The molecule has 3 heteroatoms. The Hall–Kier alpha value is -1.25. The molecule has 1 aromatic carbocycles. The zero-order chi connectivity index (χ0) is 9.84. The number of nitrogen functional groups attached to an aromatic ring is 1. The molecule has 0 aromatic heterocycles. The van der Waals surface area contributed by atoms with Crippen LogP contribution < -0.4 is 11.1 Å². The van der Waals surface area contributed by atoms with Crippen molar-refractivity contribution < 1.29 is 4.39 Å². The Morgan fingerprint density at radius 3 is 2.54 bits per heavy atom. The molecule has 1 rings (SSSR count). The minimum atomic E-state index is -0.383. The van der Waals surface area contributed by atoms with Gasteiger partial charge in [0.15, 0.2) is 0 Å². The summed E-state index contributed by atoms with van der Waals surface area (Å²) in [6, 6.07) is 3.84. The maximum atomic E-state index is 11.9. The lowest BCUT2D eigenvalue weighted by molar-refractivity contribution is 0.513. The van der Waals surface area contributed by atoms with E-state index in [0.717, 1.165) is 16.8 Å². The Labute approximate surface area is 77.9 Å².